The Morgan fingerprint density at radius 1 is 1.27 bits per heavy atom. The molecule has 2 aliphatic rings. The number of halogens is 1. The Labute approximate surface area is 232 Å². The number of nitrogens with zero attached hydrogens (tertiary/aromatic N) is 8. The zero-order chi connectivity index (χ0) is 28.2. The molecule has 214 valence electrons. The van der Waals surface area contributed by atoms with Gasteiger partial charge in [0.2, 0.25) is 5.95 Å². The fourth-order valence-electron chi connectivity index (χ4n) is 4.21. The Morgan fingerprint density at radius 2 is 2.10 bits per heavy atom. The Balaban J connectivity index is 1.38. The molecule has 1 fully saturated rings. The van der Waals surface area contributed by atoms with Gasteiger partial charge in [-0.2, -0.15) is 9.67 Å². The smallest absolute Gasteiger partial charge is 0.369 e. The molecule has 0 saturated carbocycles. The van der Waals surface area contributed by atoms with E-state index in [4.69, 9.17) is 40.4 Å². The fraction of sp³-hybridized carbons (Fsp3) is 0.471. The van der Waals surface area contributed by atoms with Crippen LogP contribution < -0.4 is 11.3 Å². The van der Waals surface area contributed by atoms with E-state index in [9.17, 15) is 14.3 Å². The third-order valence-corrected chi connectivity index (χ3v) is 9.14. The number of ether oxygens (including phenoxy) is 1. The van der Waals surface area contributed by atoms with Crippen LogP contribution in [-0.4, -0.2) is 81.0 Å². The second-order valence-corrected chi connectivity index (χ2v) is 14.2. The van der Waals surface area contributed by atoms with Crippen molar-refractivity contribution < 1.29 is 36.7 Å². The van der Waals surface area contributed by atoms with E-state index in [2.05, 4.69) is 47.5 Å². The summed E-state index contributed by atoms with van der Waals surface area (Å²) in [6.45, 7) is -9.24. The van der Waals surface area contributed by atoms with Gasteiger partial charge < -0.3 is 29.0 Å². The number of hydrogen-bond donors (Lipinski definition) is 4. The van der Waals surface area contributed by atoms with Crippen molar-refractivity contribution in [1.29, 1.82) is 0 Å². The molecular formula is C17H19FN10O8P2S2. The number of H-pyrrole nitrogens is 1. The van der Waals surface area contributed by atoms with Gasteiger partial charge >= 0.3 is 13.5 Å². The summed E-state index contributed by atoms with van der Waals surface area (Å²) < 4.78 is 59.1. The van der Waals surface area contributed by atoms with Gasteiger partial charge in [0.1, 0.15) is 36.5 Å². The van der Waals surface area contributed by atoms with Gasteiger partial charge in [-0.05, 0) is 11.8 Å². The van der Waals surface area contributed by atoms with Gasteiger partial charge in [-0.15, -0.1) is 5.10 Å². The Morgan fingerprint density at radius 3 is 2.92 bits per heavy atom. The largest absolute Gasteiger partial charge is 0.387 e. The summed E-state index contributed by atoms with van der Waals surface area (Å²) in [6.07, 6.45) is -3.91. The van der Waals surface area contributed by atoms with Crippen molar-refractivity contribution in [3.05, 3.63) is 28.7 Å². The molecule has 0 aromatic carbocycles. The molecule has 23 heteroatoms. The predicted molar refractivity (Wildman–Crippen MR) is 139 cm³/mol. The third-order valence-electron chi connectivity index (χ3n) is 5.93. The van der Waals surface area contributed by atoms with E-state index in [0.29, 0.717) is 11.2 Å². The molecule has 6 atom stereocenters. The van der Waals surface area contributed by atoms with Crippen LogP contribution in [0.5, 0.6) is 0 Å². The van der Waals surface area contributed by atoms with Crippen LogP contribution in [0.25, 0.3) is 22.3 Å². The summed E-state index contributed by atoms with van der Waals surface area (Å²) in [5.41, 5.74) is 5.36. The molecule has 0 amide bonds. The van der Waals surface area contributed by atoms with Gasteiger partial charge in [0.25, 0.3) is 5.56 Å². The lowest BCUT2D eigenvalue weighted by Gasteiger charge is -2.23. The van der Waals surface area contributed by atoms with Crippen LogP contribution >= 0.6 is 25.8 Å². The molecule has 18 nitrogen and oxygen atoms in total. The predicted octanol–water partition coefficient (Wildman–Crippen LogP) is 0.375. The van der Waals surface area contributed by atoms with Crippen LogP contribution in [-0.2, 0) is 52.4 Å². The average Bonchev–Trinajstić information content (AvgIpc) is 3.55. The highest BCUT2D eigenvalue weighted by Crippen LogP contribution is 2.57. The second-order valence-electron chi connectivity index (χ2n) is 8.49. The van der Waals surface area contributed by atoms with E-state index in [1.54, 1.807) is 4.57 Å². The number of alkyl halides is 1. The van der Waals surface area contributed by atoms with Gasteiger partial charge in [-0.25, -0.2) is 23.9 Å². The number of rotatable bonds is 1. The lowest BCUT2D eigenvalue weighted by atomic mass is 10.1. The number of imidazole rings is 1. The molecule has 6 rings (SSSR count). The maximum Gasteiger partial charge on any atom is 0.387 e. The van der Waals surface area contributed by atoms with Crippen molar-refractivity contribution in [2.24, 2.45) is 0 Å². The number of aromatic amines is 1. The molecule has 0 spiro atoms. The zero-order valence-corrected chi connectivity index (χ0v) is 23.4. The highest BCUT2D eigenvalue weighted by molar-refractivity contribution is 8.44. The molecule has 0 aliphatic carbocycles. The molecule has 2 bridgehead atoms. The molecule has 2 aliphatic heterocycles. The molecule has 4 aromatic rings. The molecule has 4 N–H and O–H groups in total. The first-order chi connectivity index (χ1) is 19.0. The van der Waals surface area contributed by atoms with Crippen LogP contribution in [0.2, 0.25) is 0 Å². The van der Waals surface area contributed by atoms with Gasteiger partial charge in [0, 0.05) is 6.54 Å². The number of anilines is 1. The van der Waals surface area contributed by atoms with E-state index in [1.807, 2.05) is 0 Å². The summed E-state index contributed by atoms with van der Waals surface area (Å²) >= 11 is 9.10. The van der Waals surface area contributed by atoms with Gasteiger partial charge in [-0.1, -0.05) is 17.5 Å². The van der Waals surface area contributed by atoms with Crippen LogP contribution in [0.15, 0.2) is 17.3 Å². The van der Waals surface area contributed by atoms with E-state index < -0.39 is 56.9 Å². The number of fused-ring (bicyclic) bond motifs is 6. The number of hydrogen-bond acceptors (Lipinski definition) is 15. The van der Waals surface area contributed by atoms with Crippen LogP contribution in [0.3, 0.4) is 0 Å². The van der Waals surface area contributed by atoms with E-state index in [-0.39, 0.29) is 36.1 Å². The van der Waals surface area contributed by atoms with Gasteiger partial charge in [0.15, 0.2) is 29.2 Å². The van der Waals surface area contributed by atoms with Gasteiger partial charge in [0.05, 0.1) is 19.4 Å². The number of nitrogens with two attached hydrogens (primary N) is 1. The summed E-state index contributed by atoms with van der Waals surface area (Å²) in [4.78, 5) is 41.5. The third kappa shape index (κ3) is 5.29. The zero-order valence-electron chi connectivity index (χ0n) is 19.9. The van der Waals surface area contributed by atoms with Crippen LogP contribution in [0.1, 0.15) is 12.1 Å². The highest BCUT2D eigenvalue weighted by Gasteiger charge is 2.51. The number of nitrogen functional groups attached to an aromatic ring is 1. The molecule has 0 radical (unpaired) electrons. The highest BCUT2D eigenvalue weighted by atomic mass is 32.7. The minimum Gasteiger partial charge on any atom is -0.369 e. The van der Waals surface area contributed by atoms with Crippen molar-refractivity contribution in [1.82, 2.24) is 44.5 Å². The number of nitrogens with one attached hydrogen (secondary N) is 1. The second kappa shape index (κ2) is 10.4. The Kier molecular flexibility index (Phi) is 7.22. The minimum absolute atomic E-state index is 0.0945. The summed E-state index contributed by atoms with van der Waals surface area (Å²) in [6, 6.07) is 0. The Bertz CT molecular complexity index is 1750. The maximum absolute atomic E-state index is 15.8. The van der Waals surface area contributed by atoms with Crippen molar-refractivity contribution in [3.8, 4) is 0 Å². The monoisotopic (exact) mass is 636 g/mol. The molecule has 6 heterocycles. The first kappa shape index (κ1) is 27.7. The molecule has 2 unspecified atom stereocenters. The van der Waals surface area contributed by atoms with E-state index in [1.165, 1.54) is 12.5 Å². The molecular weight excluding hydrogens is 617 g/mol. The van der Waals surface area contributed by atoms with Crippen LogP contribution in [0.4, 0.5) is 10.3 Å². The van der Waals surface area contributed by atoms with Crippen molar-refractivity contribution in [3.63, 3.8) is 0 Å². The first-order valence-corrected chi connectivity index (χ1v) is 16.6. The lowest BCUT2D eigenvalue weighted by molar-refractivity contribution is -0.0520. The van der Waals surface area contributed by atoms with Crippen molar-refractivity contribution in [2.45, 2.75) is 37.8 Å². The van der Waals surface area contributed by atoms with Crippen molar-refractivity contribution >= 4 is 65.8 Å². The Hall–Kier alpha value is -2.45. The molecule has 40 heavy (non-hydrogen) atoms. The molecule has 4 aromatic heterocycles. The first-order valence-electron chi connectivity index (χ1n) is 11.3. The minimum atomic E-state index is -4.33. The summed E-state index contributed by atoms with van der Waals surface area (Å²) in [7, 11) is 0. The van der Waals surface area contributed by atoms with Gasteiger partial charge in [-0.3, -0.25) is 18.8 Å². The summed E-state index contributed by atoms with van der Waals surface area (Å²) in [5.74, 6) is -0.0365. The lowest BCUT2D eigenvalue weighted by Crippen LogP contribution is -2.32. The topological polar surface area (TPSA) is 230 Å². The SMILES string of the molecule is Nc1nc2c(nnn2[C@H]2O[C@@H]3COP(O)(=S)OCCn4c(nc5cncnc54)COP(=O)(S)O[C@@H]2[C@@H]3F)c(=O)[nH]1. The number of thiol groups is 1. The fourth-order valence-corrected chi connectivity index (χ4v) is 6.71. The van der Waals surface area contributed by atoms with Crippen LogP contribution in [0, 0.1) is 0 Å². The summed E-state index contributed by atoms with van der Waals surface area (Å²) in [5, 5.41) is 7.59. The maximum atomic E-state index is 15.8. The number of aromatic nitrogens is 9. The average molecular weight is 636 g/mol. The van der Waals surface area contributed by atoms with E-state index >= 15 is 4.39 Å². The standard InChI is InChI=1S/C17H19FN10O8P2S2/c18-10-8-4-33-37(30,39)32-2-1-27-9(22-7-3-20-6-21-13(7)27)5-34-38(31,40)36-12(10)16(35-8)28-14-11(25-26-28)15(29)24-17(19)23-14/h3,6,8,10,12,16H,1-2,4-5H2,(H,30,39)(H,31,40)(H3,19,23,24,29)/t8-,10-,12-,16+,37?,38?/m1/s1. The van der Waals surface area contributed by atoms with Crippen molar-refractivity contribution in [2.75, 3.05) is 18.9 Å². The normalized spacial score (nSPS) is 32.1. The molecule has 1 saturated heterocycles. The quantitative estimate of drug-likeness (QED) is 0.163. The van der Waals surface area contributed by atoms with E-state index in [0.717, 1.165) is 4.68 Å².